The minimum absolute atomic E-state index is 0.00781. The van der Waals surface area contributed by atoms with E-state index in [0.29, 0.717) is 10.7 Å². The predicted molar refractivity (Wildman–Crippen MR) is 98.6 cm³/mol. The highest BCUT2D eigenvalue weighted by Crippen LogP contribution is 2.43. The first kappa shape index (κ1) is 15.9. The molecule has 5 heteroatoms. The summed E-state index contributed by atoms with van der Waals surface area (Å²) in [5.41, 5.74) is 4.35. The lowest BCUT2D eigenvalue weighted by Crippen LogP contribution is -2.35. The number of H-pyrrole nitrogens is 1. The molecule has 0 fully saturated rings. The Morgan fingerprint density at radius 2 is 1.76 bits per heavy atom. The summed E-state index contributed by atoms with van der Waals surface area (Å²) in [6.45, 7) is 4.07. The van der Waals surface area contributed by atoms with Crippen molar-refractivity contribution in [3.63, 3.8) is 0 Å². The van der Waals surface area contributed by atoms with Gasteiger partial charge in [0.25, 0.3) is 5.91 Å². The first-order valence-electron chi connectivity index (χ1n) is 8.29. The topological polar surface area (TPSA) is 49.0 Å². The Balaban J connectivity index is 1.91. The molecule has 25 heavy (non-hydrogen) atoms. The van der Waals surface area contributed by atoms with E-state index in [1.165, 1.54) is 0 Å². The van der Waals surface area contributed by atoms with Gasteiger partial charge in [0.1, 0.15) is 5.69 Å². The van der Waals surface area contributed by atoms with Crippen LogP contribution in [0.25, 0.3) is 11.3 Å². The van der Waals surface area contributed by atoms with Gasteiger partial charge in [0.15, 0.2) is 0 Å². The zero-order valence-corrected chi connectivity index (χ0v) is 14.8. The van der Waals surface area contributed by atoms with E-state index in [2.05, 4.69) is 22.3 Å². The summed E-state index contributed by atoms with van der Waals surface area (Å²) < 4.78 is 0. The lowest BCUT2D eigenvalue weighted by molar-refractivity contribution is 0.0688. The second kappa shape index (κ2) is 6.05. The normalized spacial score (nSPS) is 16.6. The number of aromatic nitrogens is 2. The third-order valence-corrected chi connectivity index (χ3v) is 4.85. The molecule has 1 unspecified atom stereocenters. The molecule has 1 N–H and O–H groups in total. The number of carbonyl (C=O) groups is 1. The Hall–Kier alpha value is -2.59. The zero-order chi connectivity index (χ0) is 17.6. The molecule has 0 aliphatic carbocycles. The molecule has 2 aromatic carbocycles. The number of fused-ring (bicyclic) bond motifs is 1. The van der Waals surface area contributed by atoms with Gasteiger partial charge in [-0.2, -0.15) is 5.10 Å². The summed E-state index contributed by atoms with van der Waals surface area (Å²) in [6.07, 6.45) is 0. The van der Waals surface area contributed by atoms with Gasteiger partial charge in [-0.25, -0.2) is 0 Å². The summed E-state index contributed by atoms with van der Waals surface area (Å²) in [6, 6.07) is 17.6. The quantitative estimate of drug-likeness (QED) is 0.744. The van der Waals surface area contributed by atoms with Gasteiger partial charge in [-0.3, -0.25) is 9.89 Å². The summed E-state index contributed by atoms with van der Waals surface area (Å²) in [5, 5.41) is 8.08. The summed E-state index contributed by atoms with van der Waals surface area (Å²) >= 11 is 6.01. The number of halogens is 1. The van der Waals surface area contributed by atoms with Crippen molar-refractivity contribution in [2.45, 2.75) is 25.9 Å². The van der Waals surface area contributed by atoms with Crippen molar-refractivity contribution in [2.75, 3.05) is 0 Å². The lowest BCUT2D eigenvalue weighted by atomic mass is 9.96. The minimum Gasteiger partial charge on any atom is -0.324 e. The van der Waals surface area contributed by atoms with E-state index in [0.717, 1.165) is 22.4 Å². The molecule has 0 bridgehead atoms. The molecule has 2 heterocycles. The molecule has 0 radical (unpaired) electrons. The number of hydrogen-bond acceptors (Lipinski definition) is 2. The molecular weight excluding hydrogens is 334 g/mol. The summed E-state index contributed by atoms with van der Waals surface area (Å²) in [5.74, 6) is -0.00781. The number of hydrogen-bond donors (Lipinski definition) is 1. The van der Waals surface area contributed by atoms with Crippen molar-refractivity contribution in [3.05, 3.63) is 76.4 Å². The molecule has 1 amide bonds. The fraction of sp³-hybridized carbons (Fsp3) is 0.200. The van der Waals surface area contributed by atoms with Gasteiger partial charge in [0, 0.05) is 22.2 Å². The summed E-state index contributed by atoms with van der Waals surface area (Å²) in [7, 11) is 0. The van der Waals surface area contributed by atoms with E-state index in [4.69, 9.17) is 11.6 Å². The number of nitrogens with zero attached hydrogens (tertiary/aromatic N) is 2. The average Bonchev–Trinajstić information content (AvgIpc) is 3.16. The number of benzene rings is 2. The van der Waals surface area contributed by atoms with Gasteiger partial charge in [-0.15, -0.1) is 0 Å². The largest absolute Gasteiger partial charge is 0.324 e. The van der Waals surface area contributed by atoms with E-state index < -0.39 is 0 Å². The Labute approximate surface area is 151 Å². The van der Waals surface area contributed by atoms with E-state index in [1.807, 2.05) is 61.2 Å². The van der Waals surface area contributed by atoms with Gasteiger partial charge in [0.2, 0.25) is 0 Å². The molecule has 1 aliphatic heterocycles. The fourth-order valence-electron chi connectivity index (χ4n) is 3.49. The van der Waals surface area contributed by atoms with Crippen LogP contribution < -0.4 is 0 Å². The highest BCUT2D eigenvalue weighted by Gasteiger charge is 2.43. The number of nitrogens with one attached hydrogen (secondary N) is 1. The van der Waals surface area contributed by atoms with Gasteiger partial charge >= 0.3 is 0 Å². The van der Waals surface area contributed by atoms with Crippen LogP contribution in [0.4, 0.5) is 0 Å². The smallest absolute Gasteiger partial charge is 0.273 e. The fourth-order valence-corrected chi connectivity index (χ4v) is 3.61. The van der Waals surface area contributed by atoms with Crippen molar-refractivity contribution in [3.8, 4) is 11.3 Å². The minimum atomic E-state index is -0.145. The maximum atomic E-state index is 13.0. The monoisotopic (exact) mass is 351 g/mol. The molecule has 1 atom stereocenters. The van der Waals surface area contributed by atoms with Crippen LogP contribution in [0.1, 0.15) is 41.5 Å². The van der Waals surface area contributed by atoms with Gasteiger partial charge in [0.05, 0.1) is 11.7 Å². The van der Waals surface area contributed by atoms with E-state index >= 15 is 0 Å². The molecule has 0 spiro atoms. The van der Waals surface area contributed by atoms with Crippen LogP contribution >= 0.6 is 11.6 Å². The van der Waals surface area contributed by atoms with Gasteiger partial charge < -0.3 is 4.90 Å². The zero-order valence-electron chi connectivity index (χ0n) is 14.0. The molecule has 1 aromatic heterocycles. The number of rotatable bonds is 3. The second-order valence-electron chi connectivity index (χ2n) is 6.49. The molecular formula is C20H18ClN3O. The van der Waals surface area contributed by atoms with Gasteiger partial charge in [-0.05, 0) is 31.5 Å². The molecule has 126 valence electrons. The molecule has 0 saturated heterocycles. The van der Waals surface area contributed by atoms with Crippen LogP contribution in [0.15, 0.2) is 54.6 Å². The maximum absolute atomic E-state index is 13.0. The summed E-state index contributed by atoms with van der Waals surface area (Å²) in [4.78, 5) is 14.9. The maximum Gasteiger partial charge on any atom is 0.273 e. The van der Waals surface area contributed by atoms with Crippen LogP contribution in [0.5, 0.6) is 0 Å². The first-order valence-corrected chi connectivity index (χ1v) is 8.67. The van der Waals surface area contributed by atoms with Crippen molar-refractivity contribution in [1.82, 2.24) is 15.1 Å². The van der Waals surface area contributed by atoms with Crippen LogP contribution in [-0.4, -0.2) is 27.0 Å². The van der Waals surface area contributed by atoms with Gasteiger partial charge in [-0.1, -0.05) is 54.1 Å². The van der Waals surface area contributed by atoms with Crippen molar-refractivity contribution in [2.24, 2.45) is 0 Å². The Bertz CT molecular complexity index is 916. The molecule has 0 saturated carbocycles. The van der Waals surface area contributed by atoms with Crippen molar-refractivity contribution in [1.29, 1.82) is 0 Å². The SMILES string of the molecule is CC(C)N1C(=O)c2[nH]nc(-c3ccc(Cl)cc3)c2C1c1ccccc1. The lowest BCUT2D eigenvalue weighted by Gasteiger charge is -2.29. The highest BCUT2D eigenvalue weighted by atomic mass is 35.5. The standard InChI is InChI=1S/C20H18ClN3O/c1-12(2)24-19(14-6-4-3-5-7-14)16-17(22-23-18(16)20(24)25)13-8-10-15(21)11-9-13/h3-12,19H,1-2H3,(H,22,23). The van der Waals surface area contributed by atoms with Crippen molar-refractivity contribution >= 4 is 17.5 Å². The Morgan fingerprint density at radius 1 is 1.08 bits per heavy atom. The van der Waals surface area contributed by atoms with Crippen LogP contribution in [-0.2, 0) is 0 Å². The third kappa shape index (κ3) is 2.53. The Kier molecular flexibility index (Phi) is 3.85. The molecule has 3 aromatic rings. The van der Waals surface area contributed by atoms with Crippen LogP contribution in [0.3, 0.4) is 0 Å². The van der Waals surface area contributed by atoms with E-state index in [1.54, 1.807) is 0 Å². The Morgan fingerprint density at radius 3 is 2.40 bits per heavy atom. The van der Waals surface area contributed by atoms with E-state index in [9.17, 15) is 4.79 Å². The molecule has 4 rings (SSSR count). The third-order valence-electron chi connectivity index (χ3n) is 4.59. The van der Waals surface area contributed by atoms with Crippen molar-refractivity contribution < 1.29 is 4.79 Å². The molecule has 1 aliphatic rings. The van der Waals surface area contributed by atoms with Crippen LogP contribution in [0.2, 0.25) is 5.02 Å². The number of carbonyl (C=O) groups excluding carboxylic acids is 1. The number of amides is 1. The molecule has 4 nitrogen and oxygen atoms in total. The van der Waals surface area contributed by atoms with E-state index in [-0.39, 0.29) is 18.0 Å². The predicted octanol–water partition coefficient (Wildman–Crippen LogP) is 4.68. The second-order valence-corrected chi connectivity index (χ2v) is 6.92. The average molecular weight is 352 g/mol. The highest BCUT2D eigenvalue weighted by molar-refractivity contribution is 6.30. The first-order chi connectivity index (χ1) is 12.1. The number of aromatic amines is 1. The van der Waals surface area contributed by atoms with Crippen LogP contribution in [0, 0.1) is 0 Å².